The second kappa shape index (κ2) is 8.21. The van der Waals surface area contributed by atoms with Gasteiger partial charge in [-0.25, -0.2) is 8.78 Å². The summed E-state index contributed by atoms with van der Waals surface area (Å²) in [6.45, 7) is 0. The lowest BCUT2D eigenvalue weighted by atomic mass is 10.0. The standard InChI is InChI=1S/C17H15F2N3O5/c1-27-15-5-3-11(22(25)26)6-9(15)7-14(16(20)23)21-17(24)12-4-2-10(18)8-13(12)19/h2-6,8,14H,7H2,1H3,(H2,20,23)(H,21,24)/t14-/m0/s1. The van der Waals surface area contributed by atoms with E-state index in [1.54, 1.807) is 0 Å². The van der Waals surface area contributed by atoms with Crippen molar-refractivity contribution in [3.63, 3.8) is 0 Å². The van der Waals surface area contributed by atoms with E-state index in [1.807, 2.05) is 0 Å². The van der Waals surface area contributed by atoms with Gasteiger partial charge in [0.05, 0.1) is 17.6 Å². The number of carbonyl (C=O) groups excluding carboxylic acids is 2. The highest BCUT2D eigenvalue weighted by molar-refractivity contribution is 5.97. The average molecular weight is 379 g/mol. The number of nitro benzene ring substituents is 1. The van der Waals surface area contributed by atoms with Crippen molar-refractivity contribution in [2.24, 2.45) is 5.73 Å². The van der Waals surface area contributed by atoms with Gasteiger partial charge in [0.1, 0.15) is 23.4 Å². The molecule has 0 aliphatic carbocycles. The number of nitrogens with two attached hydrogens (primary N) is 1. The van der Waals surface area contributed by atoms with Gasteiger partial charge in [0.15, 0.2) is 0 Å². The van der Waals surface area contributed by atoms with Crippen LogP contribution in [-0.4, -0.2) is 29.9 Å². The molecule has 0 saturated carbocycles. The molecule has 0 aromatic heterocycles. The first-order valence-corrected chi connectivity index (χ1v) is 7.59. The topological polar surface area (TPSA) is 125 Å². The van der Waals surface area contributed by atoms with E-state index in [0.29, 0.717) is 6.07 Å². The summed E-state index contributed by atoms with van der Waals surface area (Å²) in [6, 6.07) is 4.77. The average Bonchev–Trinajstić information content (AvgIpc) is 2.60. The number of non-ortho nitro benzene ring substituents is 1. The number of ether oxygens (including phenoxy) is 1. The van der Waals surface area contributed by atoms with Crippen LogP contribution in [0.15, 0.2) is 36.4 Å². The molecule has 0 unspecified atom stereocenters. The van der Waals surface area contributed by atoms with E-state index in [0.717, 1.165) is 12.1 Å². The van der Waals surface area contributed by atoms with Crippen LogP contribution in [0, 0.1) is 21.7 Å². The van der Waals surface area contributed by atoms with Crippen molar-refractivity contribution >= 4 is 17.5 Å². The lowest BCUT2D eigenvalue weighted by Crippen LogP contribution is -2.46. The quantitative estimate of drug-likeness (QED) is 0.560. The molecule has 3 N–H and O–H groups in total. The van der Waals surface area contributed by atoms with E-state index in [-0.39, 0.29) is 23.4 Å². The molecule has 2 rings (SSSR count). The summed E-state index contributed by atoms with van der Waals surface area (Å²) in [5, 5.41) is 13.2. The maximum atomic E-state index is 13.7. The minimum Gasteiger partial charge on any atom is -0.496 e. The SMILES string of the molecule is COc1ccc([N+](=O)[O-])cc1C[C@H](NC(=O)c1ccc(F)cc1F)C(N)=O. The Balaban J connectivity index is 2.28. The zero-order valence-electron chi connectivity index (χ0n) is 14.1. The minimum absolute atomic E-state index is 0.227. The summed E-state index contributed by atoms with van der Waals surface area (Å²) in [6.07, 6.45) is -0.227. The van der Waals surface area contributed by atoms with Gasteiger partial charge >= 0.3 is 0 Å². The third-order valence-electron chi connectivity index (χ3n) is 3.72. The van der Waals surface area contributed by atoms with E-state index in [9.17, 15) is 28.5 Å². The van der Waals surface area contributed by atoms with Gasteiger partial charge < -0.3 is 15.8 Å². The molecule has 2 amide bonds. The molecular formula is C17H15F2N3O5. The van der Waals surface area contributed by atoms with Crippen molar-refractivity contribution in [2.45, 2.75) is 12.5 Å². The number of rotatable bonds is 7. The third kappa shape index (κ3) is 4.75. The van der Waals surface area contributed by atoms with Crippen molar-refractivity contribution in [3.8, 4) is 5.75 Å². The largest absolute Gasteiger partial charge is 0.496 e. The van der Waals surface area contributed by atoms with Gasteiger partial charge in [0.2, 0.25) is 5.91 Å². The molecule has 10 heteroatoms. The van der Waals surface area contributed by atoms with Gasteiger partial charge in [-0.15, -0.1) is 0 Å². The highest BCUT2D eigenvalue weighted by Gasteiger charge is 2.24. The van der Waals surface area contributed by atoms with Crippen LogP contribution in [0.4, 0.5) is 14.5 Å². The minimum atomic E-state index is -1.31. The molecule has 0 spiro atoms. The fraction of sp³-hybridized carbons (Fsp3) is 0.176. The first-order chi connectivity index (χ1) is 12.7. The van der Waals surface area contributed by atoms with E-state index in [2.05, 4.69) is 5.32 Å². The molecule has 0 aliphatic heterocycles. The van der Waals surface area contributed by atoms with E-state index in [1.165, 1.54) is 25.3 Å². The number of benzene rings is 2. The van der Waals surface area contributed by atoms with E-state index in [4.69, 9.17) is 10.5 Å². The lowest BCUT2D eigenvalue weighted by molar-refractivity contribution is -0.384. The number of nitrogens with zero attached hydrogens (tertiary/aromatic N) is 1. The number of hydrogen-bond acceptors (Lipinski definition) is 5. The van der Waals surface area contributed by atoms with E-state index < -0.39 is 40.0 Å². The Morgan fingerprint density at radius 1 is 1.26 bits per heavy atom. The number of carbonyl (C=O) groups is 2. The summed E-state index contributed by atoms with van der Waals surface area (Å²) in [4.78, 5) is 34.2. The number of halogens is 2. The summed E-state index contributed by atoms with van der Waals surface area (Å²) in [7, 11) is 1.33. The lowest BCUT2D eigenvalue weighted by Gasteiger charge is -2.17. The third-order valence-corrected chi connectivity index (χ3v) is 3.72. The zero-order chi connectivity index (χ0) is 20.1. The molecule has 0 fully saturated rings. The first kappa shape index (κ1) is 19.8. The normalized spacial score (nSPS) is 11.5. The van der Waals surface area contributed by atoms with Crippen LogP contribution in [-0.2, 0) is 11.2 Å². The van der Waals surface area contributed by atoms with Gasteiger partial charge in [-0.2, -0.15) is 0 Å². The van der Waals surface area contributed by atoms with Crippen molar-refractivity contribution in [1.29, 1.82) is 0 Å². The second-order valence-corrected chi connectivity index (χ2v) is 5.51. The van der Waals surface area contributed by atoms with Crippen LogP contribution < -0.4 is 15.8 Å². The number of methoxy groups -OCH3 is 1. The highest BCUT2D eigenvalue weighted by atomic mass is 19.1. The van der Waals surface area contributed by atoms with Gasteiger partial charge in [-0.1, -0.05) is 0 Å². The van der Waals surface area contributed by atoms with Crippen LogP contribution in [0.5, 0.6) is 5.75 Å². The van der Waals surface area contributed by atoms with Gasteiger partial charge in [-0.05, 0) is 18.2 Å². The monoisotopic (exact) mass is 379 g/mol. The van der Waals surface area contributed by atoms with Crippen molar-refractivity contribution in [3.05, 3.63) is 69.3 Å². The Hall–Kier alpha value is -3.56. The molecule has 1 atom stereocenters. The molecule has 0 radical (unpaired) electrons. The predicted molar refractivity (Wildman–Crippen MR) is 90.2 cm³/mol. The molecule has 142 valence electrons. The van der Waals surface area contributed by atoms with Gasteiger partial charge in [0.25, 0.3) is 11.6 Å². The Morgan fingerprint density at radius 3 is 2.52 bits per heavy atom. The Morgan fingerprint density at radius 2 is 1.96 bits per heavy atom. The van der Waals surface area contributed by atoms with Gasteiger partial charge in [0, 0.05) is 30.2 Å². The second-order valence-electron chi connectivity index (χ2n) is 5.51. The van der Waals surface area contributed by atoms with Crippen molar-refractivity contribution < 1.29 is 28.0 Å². The molecule has 0 saturated heterocycles. The smallest absolute Gasteiger partial charge is 0.269 e. The summed E-state index contributed by atoms with van der Waals surface area (Å²) < 4.78 is 31.8. The number of amides is 2. The molecule has 0 heterocycles. The summed E-state index contributed by atoms with van der Waals surface area (Å²) >= 11 is 0. The van der Waals surface area contributed by atoms with Crippen molar-refractivity contribution in [1.82, 2.24) is 5.32 Å². The van der Waals surface area contributed by atoms with Crippen LogP contribution >= 0.6 is 0 Å². The van der Waals surface area contributed by atoms with Crippen LogP contribution in [0.2, 0.25) is 0 Å². The maximum Gasteiger partial charge on any atom is 0.269 e. The van der Waals surface area contributed by atoms with Gasteiger partial charge in [-0.3, -0.25) is 19.7 Å². The van der Waals surface area contributed by atoms with E-state index >= 15 is 0 Å². The molecule has 8 nitrogen and oxygen atoms in total. The Kier molecular flexibility index (Phi) is 6.01. The van der Waals surface area contributed by atoms with Crippen LogP contribution in [0.25, 0.3) is 0 Å². The van der Waals surface area contributed by atoms with Crippen LogP contribution in [0.3, 0.4) is 0 Å². The highest BCUT2D eigenvalue weighted by Crippen LogP contribution is 2.25. The molecular weight excluding hydrogens is 364 g/mol. The number of hydrogen-bond donors (Lipinski definition) is 2. The molecule has 0 aliphatic rings. The molecule has 0 bridgehead atoms. The number of nitro groups is 1. The Bertz CT molecular complexity index is 904. The summed E-state index contributed by atoms with van der Waals surface area (Å²) in [5.74, 6) is -3.66. The predicted octanol–water partition coefficient (Wildman–Crippen LogP) is 1.71. The molecule has 2 aromatic rings. The van der Waals surface area contributed by atoms with Crippen molar-refractivity contribution in [2.75, 3.05) is 7.11 Å². The fourth-order valence-electron chi connectivity index (χ4n) is 2.39. The number of primary amides is 1. The number of nitrogens with one attached hydrogen (secondary N) is 1. The first-order valence-electron chi connectivity index (χ1n) is 7.59. The molecule has 2 aromatic carbocycles. The maximum absolute atomic E-state index is 13.7. The molecule has 27 heavy (non-hydrogen) atoms. The zero-order valence-corrected chi connectivity index (χ0v) is 14.1. The summed E-state index contributed by atoms with van der Waals surface area (Å²) in [5.41, 5.74) is 4.80. The fourth-order valence-corrected chi connectivity index (χ4v) is 2.39. The van der Waals surface area contributed by atoms with Crippen LogP contribution in [0.1, 0.15) is 15.9 Å². The Labute approximate surface area is 152 Å².